The summed E-state index contributed by atoms with van der Waals surface area (Å²) in [6.07, 6.45) is 9.47. The van der Waals surface area contributed by atoms with Crippen LogP contribution < -0.4 is 0 Å². The lowest BCUT2D eigenvalue weighted by molar-refractivity contribution is 0.0595. The van der Waals surface area contributed by atoms with Crippen molar-refractivity contribution in [2.24, 2.45) is 5.92 Å². The molecule has 27 heavy (non-hydrogen) atoms. The largest absolute Gasteiger partial charge is 0.333 e. The Kier molecular flexibility index (Phi) is 4.15. The lowest BCUT2D eigenvalue weighted by Gasteiger charge is -2.34. The predicted octanol–water partition coefficient (Wildman–Crippen LogP) is 3.87. The number of thiophene rings is 1. The summed E-state index contributed by atoms with van der Waals surface area (Å²) in [6, 6.07) is 0.311. The number of aromatic nitrogens is 4. The van der Waals surface area contributed by atoms with E-state index in [1.165, 1.54) is 23.3 Å². The minimum absolute atomic E-state index is 0.0316. The van der Waals surface area contributed by atoms with Crippen molar-refractivity contribution in [2.75, 3.05) is 6.54 Å². The number of rotatable bonds is 2. The average Bonchev–Trinajstić information content (AvgIpc) is 3.28. The SMILES string of the molecule is CC[C@@H]1CCCCN1C(=O)c1nc2c3c4c(sc3ncn2n1)CC[C@H](C)C4. The van der Waals surface area contributed by atoms with E-state index in [2.05, 4.69) is 23.9 Å². The Balaban J connectivity index is 1.60. The lowest BCUT2D eigenvalue weighted by Crippen LogP contribution is -2.43. The van der Waals surface area contributed by atoms with Crippen molar-refractivity contribution >= 4 is 33.1 Å². The number of nitrogens with zero attached hydrogens (tertiary/aromatic N) is 5. The quantitative estimate of drug-likeness (QED) is 0.674. The molecule has 4 heterocycles. The van der Waals surface area contributed by atoms with Gasteiger partial charge in [0, 0.05) is 17.5 Å². The van der Waals surface area contributed by atoms with E-state index in [4.69, 9.17) is 4.98 Å². The van der Waals surface area contributed by atoms with E-state index in [9.17, 15) is 4.79 Å². The predicted molar refractivity (Wildman–Crippen MR) is 106 cm³/mol. The van der Waals surface area contributed by atoms with Crippen LogP contribution in [-0.4, -0.2) is 43.0 Å². The van der Waals surface area contributed by atoms with Crippen molar-refractivity contribution in [1.29, 1.82) is 0 Å². The van der Waals surface area contributed by atoms with Crippen molar-refractivity contribution < 1.29 is 4.79 Å². The van der Waals surface area contributed by atoms with Gasteiger partial charge in [0.2, 0.25) is 5.82 Å². The number of likely N-dealkylation sites (tertiary alicyclic amines) is 1. The molecular formula is C20H25N5OS. The first-order valence-electron chi connectivity index (χ1n) is 10.1. The van der Waals surface area contributed by atoms with Crippen LogP contribution in [-0.2, 0) is 12.8 Å². The van der Waals surface area contributed by atoms with Crippen LogP contribution in [0.15, 0.2) is 6.33 Å². The zero-order chi connectivity index (χ0) is 18.5. The minimum atomic E-state index is -0.0316. The van der Waals surface area contributed by atoms with Crippen molar-refractivity contribution in [2.45, 2.75) is 64.8 Å². The molecule has 0 N–H and O–H groups in total. The van der Waals surface area contributed by atoms with Gasteiger partial charge in [-0.05, 0) is 56.4 Å². The van der Waals surface area contributed by atoms with Gasteiger partial charge in [-0.2, -0.15) is 0 Å². The van der Waals surface area contributed by atoms with E-state index in [1.807, 2.05) is 4.90 Å². The smallest absolute Gasteiger partial charge is 0.293 e. The third-order valence-corrected chi connectivity index (χ3v) is 7.38. The van der Waals surface area contributed by atoms with Crippen LogP contribution in [0.1, 0.15) is 67.0 Å². The molecule has 6 nitrogen and oxygen atoms in total. The maximum atomic E-state index is 13.1. The molecule has 0 aromatic carbocycles. The zero-order valence-electron chi connectivity index (χ0n) is 15.9. The van der Waals surface area contributed by atoms with Crippen LogP contribution in [0.4, 0.5) is 0 Å². The van der Waals surface area contributed by atoms with E-state index in [1.54, 1.807) is 22.2 Å². The molecule has 0 radical (unpaired) electrons. The van der Waals surface area contributed by atoms with Crippen LogP contribution in [0, 0.1) is 5.92 Å². The second kappa shape index (κ2) is 6.55. The number of amides is 1. The summed E-state index contributed by atoms with van der Waals surface area (Å²) in [6.45, 7) is 5.27. The highest BCUT2D eigenvalue weighted by Crippen LogP contribution is 2.38. The van der Waals surface area contributed by atoms with E-state index >= 15 is 0 Å². The lowest BCUT2D eigenvalue weighted by atomic mass is 9.89. The monoisotopic (exact) mass is 383 g/mol. The van der Waals surface area contributed by atoms with Crippen LogP contribution in [0.5, 0.6) is 0 Å². The first kappa shape index (κ1) is 17.1. The fraction of sp³-hybridized carbons (Fsp3) is 0.600. The van der Waals surface area contributed by atoms with E-state index < -0.39 is 0 Å². The molecule has 0 spiro atoms. The number of fused-ring (bicyclic) bond motifs is 5. The Morgan fingerprint density at radius 3 is 3.07 bits per heavy atom. The maximum Gasteiger partial charge on any atom is 0.293 e. The Bertz CT molecular complexity index is 1020. The zero-order valence-corrected chi connectivity index (χ0v) is 16.8. The molecule has 0 bridgehead atoms. The summed E-state index contributed by atoms with van der Waals surface area (Å²) in [4.78, 5) is 26.9. The number of piperidine rings is 1. The van der Waals surface area contributed by atoms with Crippen molar-refractivity contribution in [3.05, 3.63) is 22.6 Å². The molecule has 5 rings (SSSR count). The molecule has 142 valence electrons. The average molecular weight is 384 g/mol. The van der Waals surface area contributed by atoms with Gasteiger partial charge >= 0.3 is 0 Å². The summed E-state index contributed by atoms with van der Waals surface area (Å²) in [5.74, 6) is 0.961. The van der Waals surface area contributed by atoms with Crippen LogP contribution in [0.2, 0.25) is 0 Å². The summed E-state index contributed by atoms with van der Waals surface area (Å²) >= 11 is 1.78. The summed E-state index contributed by atoms with van der Waals surface area (Å²) in [5, 5.41) is 5.62. The highest BCUT2D eigenvalue weighted by atomic mass is 32.1. The fourth-order valence-electron chi connectivity index (χ4n) is 4.66. The topological polar surface area (TPSA) is 63.4 Å². The molecule has 3 aromatic heterocycles. The molecule has 7 heteroatoms. The normalized spacial score (nSPS) is 23.1. The van der Waals surface area contributed by atoms with E-state index in [0.717, 1.165) is 54.5 Å². The van der Waals surface area contributed by atoms with Gasteiger partial charge in [0.15, 0.2) is 5.65 Å². The molecule has 2 aliphatic rings. The molecule has 3 aromatic rings. The second-order valence-corrected chi connectivity index (χ2v) is 9.12. The molecule has 0 unspecified atom stereocenters. The minimum Gasteiger partial charge on any atom is -0.333 e. The van der Waals surface area contributed by atoms with Crippen LogP contribution in [0.25, 0.3) is 15.9 Å². The number of hydrogen-bond acceptors (Lipinski definition) is 5. The highest BCUT2D eigenvalue weighted by molar-refractivity contribution is 7.19. The number of carbonyl (C=O) groups excluding carboxylic acids is 1. The summed E-state index contributed by atoms with van der Waals surface area (Å²) < 4.78 is 1.70. The van der Waals surface area contributed by atoms with Crippen molar-refractivity contribution in [1.82, 2.24) is 24.5 Å². The van der Waals surface area contributed by atoms with Crippen molar-refractivity contribution in [3.63, 3.8) is 0 Å². The summed E-state index contributed by atoms with van der Waals surface area (Å²) in [7, 11) is 0. The number of carbonyl (C=O) groups is 1. The van der Waals surface area contributed by atoms with Gasteiger partial charge < -0.3 is 4.90 Å². The van der Waals surface area contributed by atoms with Gasteiger partial charge in [0.05, 0.1) is 5.39 Å². The Labute approximate surface area is 162 Å². The molecule has 2 atom stereocenters. The van der Waals surface area contributed by atoms with Crippen LogP contribution >= 0.6 is 11.3 Å². The molecule has 1 saturated heterocycles. The van der Waals surface area contributed by atoms with Crippen LogP contribution in [0.3, 0.4) is 0 Å². The maximum absolute atomic E-state index is 13.1. The van der Waals surface area contributed by atoms with Gasteiger partial charge in [-0.25, -0.2) is 14.5 Å². The Morgan fingerprint density at radius 2 is 2.22 bits per heavy atom. The van der Waals surface area contributed by atoms with E-state index in [0.29, 0.717) is 17.8 Å². The first-order valence-corrected chi connectivity index (χ1v) is 10.9. The summed E-state index contributed by atoms with van der Waals surface area (Å²) in [5.41, 5.74) is 2.17. The third-order valence-electron chi connectivity index (χ3n) is 6.18. The molecule has 1 aliphatic carbocycles. The molecule has 0 saturated carbocycles. The molecular weight excluding hydrogens is 358 g/mol. The standard InChI is InChI=1S/C20H25N5OS/c1-3-13-6-4-5-9-24(13)20(26)17-22-18-16-14-10-12(2)7-8-15(14)27-19(16)21-11-25(18)23-17/h11-13H,3-10H2,1-2H3/t12-,13+/m0/s1. The Morgan fingerprint density at radius 1 is 1.33 bits per heavy atom. The van der Waals surface area contributed by atoms with Gasteiger partial charge in [-0.3, -0.25) is 4.79 Å². The van der Waals surface area contributed by atoms with Gasteiger partial charge in [0.1, 0.15) is 11.2 Å². The van der Waals surface area contributed by atoms with Crippen molar-refractivity contribution in [3.8, 4) is 0 Å². The Hall–Kier alpha value is -2.02. The number of hydrogen-bond donors (Lipinski definition) is 0. The molecule has 1 aliphatic heterocycles. The highest BCUT2D eigenvalue weighted by Gasteiger charge is 2.30. The third kappa shape index (κ3) is 2.74. The van der Waals surface area contributed by atoms with E-state index in [-0.39, 0.29) is 5.91 Å². The van der Waals surface area contributed by atoms with Gasteiger partial charge in [0.25, 0.3) is 5.91 Å². The molecule has 1 fully saturated rings. The first-order chi connectivity index (χ1) is 13.2. The van der Waals surface area contributed by atoms with Gasteiger partial charge in [-0.1, -0.05) is 13.8 Å². The fourth-order valence-corrected chi connectivity index (χ4v) is 5.84. The molecule has 1 amide bonds. The number of aryl methyl sites for hydroxylation is 1. The second-order valence-electron chi connectivity index (χ2n) is 8.04. The van der Waals surface area contributed by atoms with Gasteiger partial charge in [-0.15, -0.1) is 16.4 Å².